The maximum atomic E-state index is 5.72. The third-order valence-electron chi connectivity index (χ3n) is 3.98. The molecule has 0 amide bonds. The Morgan fingerprint density at radius 2 is 1.88 bits per heavy atom. The highest BCUT2D eigenvalue weighted by molar-refractivity contribution is 5.79. The number of ether oxygens (including phenoxy) is 2. The van der Waals surface area contributed by atoms with Gasteiger partial charge in [-0.05, 0) is 31.5 Å². The van der Waals surface area contributed by atoms with Crippen LogP contribution in [0.5, 0.6) is 11.5 Å². The van der Waals surface area contributed by atoms with Crippen LogP contribution in [0.15, 0.2) is 27.6 Å². The van der Waals surface area contributed by atoms with Gasteiger partial charge in [-0.2, -0.15) is 0 Å². The molecular formula is C18H24N4O3. The minimum Gasteiger partial charge on any atom is -0.490 e. The molecule has 0 atom stereocenters. The molecule has 0 unspecified atom stereocenters. The Kier molecular flexibility index (Phi) is 5.42. The molecule has 2 N–H and O–H groups in total. The monoisotopic (exact) mass is 344 g/mol. The van der Waals surface area contributed by atoms with E-state index in [1.54, 1.807) is 7.05 Å². The summed E-state index contributed by atoms with van der Waals surface area (Å²) in [5.74, 6) is 3.77. The number of oxazole rings is 1. The molecule has 7 heteroatoms. The average molecular weight is 344 g/mol. The predicted octanol–water partition coefficient (Wildman–Crippen LogP) is 2.32. The number of fused-ring (bicyclic) bond motifs is 1. The number of nitrogens with zero attached hydrogens (tertiary/aromatic N) is 2. The van der Waals surface area contributed by atoms with E-state index in [2.05, 4.69) is 20.6 Å². The first-order chi connectivity index (χ1) is 12.2. The Morgan fingerprint density at radius 3 is 2.60 bits per heavy atom. The third-order valence-corrected chi connectivity index (χ3v) is 3.98. The van der Waals surface area contributed by atoms with Crippen molar-refractivity contribution in [2.24, 2.45) is 4.99 Å². The quantitative estimate of drug-likeness (QED) is 0.654. The number of hydrogen-bond acceptors (Lipinski definition) is 5. The molecule has 0 saturated carbocycles. The van der Waals surface area contributed by atoms with Crippen molar-refractivity contribution in [1.29, 1.82) is 0 Å². The zero-order valence-corrected chi connectivity index (χ0v) is 14.9. The normalized spacial score (nSPS) is 14.1. The van der Waals surface area contributed by atoms with Crippen LogP contribution in [0.3, 0.4) is 0 Å². The molecule has 25 heavy (non-hydrogen) atoms. The highest BCUT2D eigenvalue weighted by Crippen LogP contribution is 2.30. The second-order valence-corrected chi connectivity index (χ2v) is 5.86. The molecule has 2 heterocycles. The summed E-state index contributed by atoms with van der Waals surface area (Å²) in [6.07, 6.45) is 0.901. The molecule has 0 fully saturated rings. The first-order valence-corrected chi connectivity index (χ1v) is 8.41. The maximum absolute atomic E-state index is 5.72. The highest BCUT2D eigenvalue weighted by Gasteiger charge is 2.11. The first-order valence-electron chi connectivity index (χ1n) is 8.41. The number of aromatic nitrogens is 1. The largest absolute Gasteiger partial charge is 0.490 e. The van der Waals surface area contributed by atoms with E-state index in [4.69, 9.17) is 13.9 Å². The van der Waals surface area contributed by atoms with Gasteiger partial charge in [0.2, 0.25) is 5.89 Å². The molecule has 134 valence electrons. The maximum Gasteiger partial charge on any atom is 0.214 e. The highest BCUT2D eigenvalue weighted by atomic mass is 16.5. The van der Waals surface area contributed by atoms with Crippen molar-refractivity contribution in [2.45, 2.75) is 33.4 Å². The molecule has 3 rings (SSSR count). The van der Waals surface area contributed by atoms with Crippen LogP contribution >= 0.6 is 0 Å². The van der Waals surface area contributed by atoms with E-state index >= 15 is 0 Å². The molecule has 1 aliphatic heterocycles. The number of hydrogen-bond donors (Lipinski definition) is 2. The summed E-state index contributed by atoms with van der Waals surface area (Å²) in [5.41, 5.74) is 2.00. The first kappa shape index (κ1) is 17.1. The lowest BCUT2D eigenvalue weighted by molar-refractivity contribution is 0.297. The molecular weight excluding hydrogens is 320 g/mol. The van der Waals surface area contributed by atoms with Crippen LogP contribution in [0.2, 0.25) is 0 Å². The molecule has 7 nitrogen and oxygen atoms in total. The Labute approximate surface area is 147 Å². The van der Waals surface area contributed by atoms with Crippen molar-refractivity contribution in [1.82, 2.24) is 15.6 Å². The van der Waals surface area contributed by atoms with Gasteiger partial charge in [0.15, 0.2) is 17.5 Å². The van der Waals surface area contributed by atoms with Crippen LogP contribution in [0.25, 0.3) is 0 Å². The molecule has 0 spiro atoms. The zero-order chi connectivity index (χ0) is 17.6. The molecule has 0 radical (unpaired) electrons. The van der Waals surface area contributed by atoms with Gasteiger partial charge in [0.1, 0.15) is 5.76 Å². The van der Waals surface area contributed by atoms with Gasteiger partial charge in [-0.15, -0.1) is 0 Å². The predicted molar refractivity (Wildman–Crippen MR) is 95.1 cm³/mol. The number of benzene rings is 1. The Hall–Kier alpha value is -2.70. The lowest BCUT2D eigenvalue weighted by atomic mass is 10.2. The average Bonchev–Trinajstić information content (AvgIpc) is 2.81. The van der Waals surface area contributed by atoms with Gasteiger partial charge >= 0.3 is 0 Å². The van der Waals surface area contributed by atoms with E-state index in [1.165, 1.54) is 0 Å². The van der Waals surface area contributed by atoms with Crippen LogP contribution in [-0.2, 0) is 13.1 Å². The molecule has 0 aliphatic carbocycles. The van der Waals surface area contributed by atoms with E-state index in [0.717, 1.165) is 34.9 Å². The standard InChI is InChI=1S/C18H24N4O3/c1-12-13(2)25-17(22-12)11-21-18(19-3)20-10-14-5-6-15-16(9-14)24-8-4-7-23-15/h5-6,9H,4,7-8,10-11H2,1-3H3,(H2,19,20,21). The molecule has 1 aliphatic rings. The van der Waals surface area contributed by atoms with Crippen molar-refractivity contribution in [2.75, 3.05) is 20.3 Å². The van der Waals surface area contributed by atoms with E-state index < -0.39 is 0 Å². The third kappa shape index (κ3) is 4.43. The zero-order valence-electron chi connectivity index (χ0n) is 14.9. The molecule has 0 saturated heterocycles. The van der Waals surface area contributed by atoms with Gasteiger partial charge in [-0.1, -0.05) is 6.07 Å². The molecule has 0 bridgehead atoms. The van der Waals surface area contributed by atoms with Gasteiger partial charge in [0, 0.05) is 20.0 Å². The second-order valence-electron chi connectivity index (χ2n) is 5.86. The number of guanidine groups is 1. The number of aliphatic imine (C=N–C) groups is 1. The van der Waals surface area contributed by atoms with Gasteiger partial charge in [0.05, 0.1) is 25.5 Å². The van der Waals surface area contributed by atoms with Crippen molar-refractivity contribution in [3.05, 3.63) is 41.1 Å². The SMILES string of the molecule is CN=C(NCc1ccc2c(c1)OCCCO2)NCc1nc(C)c(C)o1. The van der Waals surface area contributed by atoms with Crippen molar-refractivity contribution >= 4 is 5.96 Å². The van der Waals surface area contributed by atoms with E-state index in [-0.39, 0.29) is 0 Å². The minimum absolute atomic E-state index is 0.482. The van der Waals surface area contributed by atoms with Crippen LogP contribution in [0, 0.1) is 13.8 Å². The summed E-state index contributed by atoms with van der Waals surface area (Å²) in [7, 11) is 1.73. The number of aryl methyl sites for hydroxylation is 2. The number of nitrogens with one attached hydrogen (secondary N) is 2. The van der Waals surface area contributed by atoms with Crippen LogP contribution < -0.4 is 20.1 Å². The lowest BCUT2D eigenvalue weighted by Gasteiger charge is -2.12. The summed E-state index contributed by atoms with van der Waals surface area (Å²) in [4.78, 5) is 8.57. The van der Waals surface area contributed by atoms with Crippen molar-refractivity contribution in [3.8, 4) is 11.5 Å². The lowest BCUT2D eigenvalue weighted by Crippen LogP contribution is -2.36. The van der Waals surface area contributed by atoms with E-state index in [1.807, 2.05) is 32.0 Å². The number of rotatable bonds is 4. The van der Waals surface area contributed by atoms with Gasteiger partial charge in [-0.25, -0.2) is 4.98 Å². The summed E-state index contributed by atoms with van der Waals surface area (Å²) in [6, 6.07) is 5.97. The fraction of sp³-hybridized carbons (Fsp3) is 0.444. The Bertz CT molecular complexity index is 735. The Morgan fingerprint density at radius 1 is 1.12 bits per heavy atom. The smallest absolute Gasteiger partial charge is 0.214 e. The summed E-state index contributed by atoms with van der Waals surface area (Å²) in [5, 5.41) is 6.47. The van der Waals surface area contributed by atoms with Gasteiger partial charge in [0.25, 0.3) is 0 Å². The summed E-state index contributed by atoms with van der Waals surface area (Å²) < 4.78 is 16.9. The van der Waals surface area contributed by atoms with Gasteiger partial charge in [-0.3, -0.25) is 4.99 Å². The second kappa shape index (κ2) is 7.92. The molecule has 1 aromatic carbocycles. The summed E-state index contributed by atoms with van der Waals surface area (Å²) in [6.45, 7) is 6.32. The van der Waals surface area contributed by atoms with Crippen LogP contribution in [0.1, 0.15) is 29.3 Å². The van der Waals surface area contributed by atoms with Crippen LogP contribution in [-0.4, -0.2) is 31.2 Å². The topological polar surface area (TPSA) is 80.9 Å². The molecule has 1 aromatic heterocycles. The molecule has 2 aromatic rings. The Balaban J connectivity index is 1.55. The van der Waals surface area contributed by atoms with Crippen molar-refractivity contribution in [3.63, 3.8) is 0 Å². The van der Waals surface area contributed by atoms with Crippen molar-refractivity contribution < 1.29 is 13.9 Å². The minimum atomic E-state index is 0.482. The van der Waals surface area contributed by atoms with Crippen LogP contribution in [0.4, 0.5) is 0 Å². The van der Waals surface area contributed by atoms with E-state index in [0.29, 0.717) is 38.2 Å². The fourth-order valence-electron chi connectivity index (χ4n) is 2.50. The summed E-state index contributed by atoms with van der Waals surface area (Å²) >= 11 is 0. The fourth-order valence-corrected chi connectivity index (χ4v) is 2.50. The van der Waals surface area contributed by atoms with Gasteiger partial charge < -0.3 is 24.5 Å². The van der Waals surface area contributed by atoms with E-state index in [9.17, 15) is 0 Å².